The van der Waals surface area contributed by atoms with Gasteiger partial charge in [0.05, 0.1) is 24.2 Å². The number of para-hydroxylation sites is 1. The lowest BCUT2D eigenvalue weighted by Crippen LogP contribution is -2.37. The zero-order chi connectivity index (χ0) is 21.0. The van der Waals surface area contributed by atoms with Crippen LogP contribution in [-0.4, -0.2) is 53.9 Å². The number of aromatic nitrogens is 3. The van der Waals surface area contributed by atoms with Crippen LogP contribution >= 0.6 is 0 Å². The lowest BCUT2D eigenvalue weighted by Gasteiger charge is -2.24. The van der Waals surface area contributed by atoms with Crippen molar-refractivity contribution in [2.24, 2.45) is 0 Å². The number of fused-ring (bicyclic) bond motifs is 2. The van der Waals surface area contributed by atoms with Gasteiger partial charge in [0.15, 0.2) is 0 Å². The van der Waals surface area contributed by atoms with Crippen LogP contribution in [-0.2, 0) is 4.74 Å². The first-order valence-electron chi connectivity index (χ1n) is 10.7. The number of nitrogens with zero attached hydrogens (tertiary/aromatic N) is 3. The van der Waals surface area contributed by atoms with E-state index in [1.54, 1.807) is 7.11 Å². The summed E-state index contributed by atoms with van der Waals surface area (Å²) >= 11 is 0. The molecule has 0 amide bonds. The van der Waals surface area contributed by atoms with Crippen LogP contribution in [0.5, 0.6) is 11.5 Å². The molecule has 1 atom stereocenters. The van der Waals surface area contributed by atoms with E-state index in [-0.39, 0.29) is 6.10 Å². The van der Waals surface area contributed by atoms with Crippen molar-refractivity contribution >= 4 is 16.6 Å². The van der Waals surface area contributed by atoms with Gasteiger partial charge >= 0.3 is 0 Å². The Morgan fingerprint density at radius 2 is 2.13 bits per heavy atom. The summed E-state index contributed by atoms with van der Waals surface area (Å²) in [5.41, 5.74) is 3.46. The Morgan fingerprint density at radius 1 is 1.16 bits per heavy atom. The minimum absolute atomic E-state index is 0.178. The predicted octanol–water partition coefficient (Wildman–Crippen LogP) is 3.71. The number of piperidine rings is 1. The summed E-state index contributed by atoms with van der Waals surface area (Å²) in [5.74, 6) is 1.60. The Labute approximate surface area is 181 Å². The molecule has 0 bridgehead atoms. The lowest BCUT2D eigenvalue weighted by atomic mass is 10.1. The van der Waals surface area contributed by atoms with Crippen LogP contribution in [0.25, 0.3) is 27.9 Å². The summed E-state index contributed by atoms with van der Waals surface area (Å²) in [7, 11) is 1.66. The Bertz CT molecular complexity index is 1180. The normalized spacial score (nSPS) is 16.6. The Balaban J connectivity index is 1.47. The minimum atomic E-state index is 0.178. The lowest BCUT2D eigenvalue weighted by molar-refractivity contribution is 0.146. The van der Waals surface area contributed by atoms with Crippen molar-refractivity contribution in [2.45, 2.75) is 18.9 Å². The summed E-state index contributed by atoms with van der Waals surface area (Å²) in [5, 5.41) is 4.47. The van der Waals surface area contributed by atoms with Gasteiger partial charge in [-0.05, 0) is 37.6 Å². The number of imidazole rings is 1. The molecule has 0 unspecified atom stereocenters. The van der Waals surface area contributed by atoms with Gasteiger partial charge in [0.1, 0.15) is 35.4 Å². The highest BCUT2D eigenvalue weighted by molar-refractivity contribution is 5.86. The summed E-state index contributed by atoms with van der Waals surface area (Å²) in [6.07, 6.45) is 6.17. The zero-order valence-electron chi connectivity index (χ0n) is 17.6. The van der Waals surface area contributed by atoms with E-state index in [0.29, 0.717) is 13.2 Å². The number of ether oxygens (including phenoxy) is 3. The Morgan fingerprint density at radius 3 is 3.00 bits per heavy atom. The van der Waals surface area contributed by atoms with Crippen molar-refractivity contribution < 1.29 is 14.2 Å². The van der Waals surface area contributed by atoms with Gasteiger partial charge in [0, 0.05) is 31.3 Å². The molecule has 1 aliphatic heterocycles. The highest BCUT2D eigenvalue weighted by Crippen LogP contribution is 2.29. The molecule has 1 aliphatic rings. The van der Waals surface area contributed by atoms with Gasteiger partial charge in [-0.3, -0.25) is 4.40 Å². The van der Waals surface area contributed by atoms with Gasteiger partial charge < -0.3 is 19.5 Å². The second-order valence-corrected chi connectivity index (χ2v) is 7.69. The molecule has 1 aromatic carbocycles. The second kappa shape index (κ2) is 8.91. The highest BCUT2D eigenvalue weighted by Gasteiger charge is 2.17. The van der Waals surface area contributed by atoms with Crippen molar-refractivity contribution in [3.05, 3.63) is 54.9 Å². The monoisotopic (exact) mass is 418 g/mol. The molecule has 4 heterocycles. The van der Waals surface area contributed by atoms with Gasteiger partial charge in [-0.15, -0.1) is 0 Å². The van der Waals surface area contributed by atoms with E-state index in [9.17, 15) is 0 Å². The number of rotatable bonds is 7. The topological polar surface area (TPSA) is 69.9 Å². The van der Waals surface area contributed by atoms with Gasteiger partial charge in [-0.2, -0.15) is 0 Å². The van der Waals surface area contributed by atoms with Crippen LogP contribution < -0.4 is 14.8 Å². The summed E-state index contributed by atoms with van der Waals surface area (Å²) in [6, 6.07) is 14.1. The minimum Gasteiger partial charge on any atom is -0.491 e. The predicted molar refractivity (Wildman–Crippen MR) is 120 cm³/mol. The molecule has 0 saturated carbocycles. The molecule has 31 heavy (non-hydrogen) atoms. The van der Waals surface area contributed by atoms with E-state index in [0.717, 1.165) is 65.4 Å². The zero-order valence-corrected chi connectivity index (χ0v) is 17.6. The first-order valence-corrected chi connectivity index (χ1v) is 10.7. The average Bonchev–Trinajstić information content (AvgIpc) is 3.23. The third kappa shape index (κ3) is 4.19. The fraction of sp³-hybridized carbons (Fsp3) is 0.333. The maximum Gasteiger partial charge on any atom is 0.146 e. The second-order valence-electron chi connectivity index (χ2n) is 7.69. The molecule has 0 aliphatic carbocycles. The molecule has 3 aromatic heterocycles. The van der Waals surface area contributed by atoms with Crippen LogP contribution in [0.1, 0.15) is 12.8 Å². The summed E-state index contributed by atoms with van der Waals surface area (Å²) in [6.45, 7) is 2.99. The molecule has 0 radical (unpaired) electrons. The number of nitrogens with one attached hydrogen (secondary N) is 1. The van der Waals surface area contributed by atoms with Crippen molar-refractivity contribution in [2.75, 3.05) is 33.4 Å². The van der Waals surface area contributed by atoms with Crippen LogP contribution in [0, 0.1) is 0 Å². The number of hydrogen-bond donors (Lipinski definition) is 1. The van der Waals surface area contributed by atoms with Gasteiger partial charge in [0.2, 0.25) is 0 Å². The first kappa shape index (κ1) is 19.8. The number of benzene rings is 1. The molecule has 1 saturated heterocycles. The first-order chi connectivity index (χ1) is 15.3. The van der Waals surface area contributed by atoms with Crippen LogP contribution in [0.2, 0.25) is 0 Å². The van der Waals surface area contributed by atoms with E-state index in [4.69, 9.17) is 19.2 Å². The molecule has 7 nitrogen and oxygen atoms in total. The maximum atomic E-state index is 6.32. The SMILES string of the molecule is COCCOc1ccn2c(-c3ccc4cccc(O[C@H]5CCCNC5)c4n3)cnc2c1. The number of methoxy groups -OCH3 is 1. The van der Waals surface area contributed by atoms with E-state index < -0.39 is 0 Å². The smallest absolute Gasteiger partial charge is 0.146 e. The van der Waals surface area contributed by atoms with E-state index in [1.165, 1.54) is 0 Å². The maximum absolute atomic E-state index is 6.32. The number of hydrogen-bond acceptors (Lipinski definition) is 6. The van der Waals surface area contributed by atoms with E-state index in [2.05, 4.69) is 22.4 Å². The fourth-order valence-corrected chi connectivity index (χ4v) is 3.94. The van der Waals surface area contributed by atoms with Crippen molar-refractivity contribution in [1.82, 2.24) is 19.7 Å². The molecule has 5 rings (SSSR count). The fourth-order valence-electron chi connectivity index (χ4n) is 3.94. The quantitative estimate of drug-likeness (QED) is 0.462. The molecule has 4 aromatic rings. The summed E-state index contributed by atoms with van der Waals surface area (Å²) < 4.78 is 19.1. The largest absolute Gasteiger partial charge is 0.491 e. The third-order valence-corrected chi connectivity index (χ3v) is 5.53. The van der Waals surface area contributed by atoms with Crippen LogP contribution in [0.15, 0.2) is 54.9 Å². The molecule has 7 heteroatoms. The van der Waals surface area contributed by atoms with Crippen LogP contribution in [0.4, 0.5) is 0 Å². The molecular formula is C24H26N4O3. The molecule has 1 fully saturated rings. The molecular weight excluding hydrogens is 392 g/mol. The van der Waals surface area contributed by atoms with Crippen LogP contribution in [0.3, 0.4) is 0 Å². The molecule has 1 N–H and O–H groups in total. The van der Waals surface area contributed by atoms with Gasteiger partial charge in [-0.25, -0.2) is 9.97 Å². The Kier molecular flexibility index (Phi) is 5.69. The van der Waals surface area contributed by atoms with Crippen molar-refractivity contribution in [1.29, 1.82) is 0 Å². The van der Waals surface area contributed by atoms with E-state index >= 15 is 0 Å². The van der Waals surface area contributed by atoms with Gasteiger partial charge in [-0.1, -0.05) is 18.2 Å². The van der Waals surface area contributed by atoms with Crippen molar-refractivity contribution in [3.8, 4) is 22.9 Å². The van der Waals surface area contributed by atoms with Crippen molar-refractivity contribution in [3.63, 3.8) is 0 Å². The standard InChI is InChI=1S/C24H26N4O3/c1-29-12-13-30-18-9-11-28-21(16-26-23(28)14-18)20-8-7-17-4-2-6-22(24(17)27-20)31-19-5-3-10-25-15-19/h2,4,6-9,11,14,16,19,25H,3,5,10,12-13,15H2,1H3/t19-/m0/s1. The highest BCUT2D eigenvalue weighted by atomic mass is 16.5. The Hall–Kier alpha value is -3.16. The number of pyridine rings is 2. The third-order valence-electron chi connectivity index (χ3n) is 5.53. The van der Waals surface area contributed by atoms with Gasteiger partial charge in [0.25, 0.3) is 0 Å². The van der Waals surface area contributed by atoms with E-state index in [1.807, 2.05) is 47.1 Å². The molecule has 0 spiro atoms. The average molecular weight is 418 g/mol. The summed E-state index contributed by atoms with van der Waals surface area (Å²) in [4.78, 5) is 9.51. The molecule has 160 valence electrons.